The zero-order valence-electron chi connectivity index (χ0n) is 15.4. The molecule has 0 saturated heterocycles. The van der Waals surface area contributed by atoms with Crippen molar-refractivity contribution < 1.29 is 29.4 Å². The Morgan fingerprint density at radius 3 is 2.34 bits per heavy atom. The second-order valence-corrected chi connectivity index (χ2v) is 6.48. The molecule has 0 aliphatic heterocycles. The van der Waals surface area contributed by atoms with Gasteiger partial charge >= 0.3 is 5.97 Å². The number of aliphatic hydroxyl groups is 1. The third-order valence-corrected chi connectivity index (χ3v) is 4.29. The number of aromatic amines is 1. The Hall–Kier alpha value is -3.44. The number of aliphatic hydroxyl groups excluding tert-OH is 1. The molecule has 0 saturated carbocycles. The summed E-state index contributed by atoms with van der Waals surface area (Å²) in [5.74, 6) is -4.08. The van der Waals surface area contributed by atoms with Gasteiger partial charge in [0.25, 0.3) is 0 Å². The molecule has 3 amide bonds. The monoisotopic (exact) mass is 405 g/mol. The number of fused-ring (bicyclic) bond motifs is 1. The second-order valence-electron chi connectivity index (χ2n) is 6.48. The summed E-state index contributed by atoms with van der Waals surface area (Å²) in [6, 6.07) is 3.43. The predicted octanol–water partition coefficient (Wildman–Crippen LogP) is -2.04. The number of carbonyl (C=O) groups excluding carboxylic acids is 3. The molecule has 3 atom stereocenters. The lowest BCUT2D eigenvalue weighted by Gasteiger charge is -2.21. The van der Waals surface area contributed by atoms with Crippen LogP contribution < -0.4 is 22.1 Å². The number of carbonyl (C=O) groups is 4. The van der Waals surface area contributed by atoms with Gasteiger partial charge in [0, 0.05) is 17.1 Å². The number of carboxylic acid groups (broad SMARTS) is 1. The third-order valence-electron chi connectivity index (χ3n) is 4.29. The van der Waals surface area contributed by atoms with Crippen LogP contribution in [0.5, 0.6) is 0 Å². The van der Waals surface area contributed by atoms with Crippen LogP contribution in [0.3, 0.4) is 0 Å². The maximum absolute atomic E-state index is 12.3. The lowest BCUT2D eigenvalue weighted by Crippen LogP contribution is -2.56. The van der Waals surface area contributed by atoms with Gasteiger partial charge in [-0.15, -0.1) is 0 Å². The number of aromatic nitrogens is 1. The van der Waals surface area contributed by atoms with Crippen LogP contribution in [0, 0.1) is 0 Å². The fourth-order valence-corrected chi connectivity index (χ4v) is 2.78. The summed E-state index contributed by atoms with van der Waals surface area (Å²) < 4.78 is 0. The summed E-state index contributed by atoms with van der Waals surface area (Å²) >= 11 is 0. The number of hydrogen-bond acceptors (Lipinski definition) is 6. The van der Waals surface area contributed by atoms with E-state index in [-0.39, 0.29) is 6.42 Å². The van der Waals surface area contributed by atoms with E-state index in [9.17, 15) is 24.3 Å². The van der Waals surface area contributed by atoms with Gasteiger partial charge in [0.1, 0.15) is 12.1 Å². The molecule has 1 heterocycles. The van der Waals surface area contributed by atoms with Crippen molar-refractivity contribution in [3.05, 3.63) is 36.0 Å². The van der Waals surface area contributed by atoms with Gasteiger partial charge in [-0.3, -0.25) is 14.4 Å². The maximum atomic E-state index is 12.3. The predicted molar refractivity (Wildman–Crippen MR) is 102 cm³/mol. The number of H-pyrrole nitrogens is 1. The molecular weight excluding hydrogens is 382 g/mol. The summed E-state index contributed by atoms with van der Waals surface area (Å²) in [4.78, 5) is 49.6. The molecule has 0 bridgehead atoms. The molecule has 1 aromatic carbocycles. The first-order valence-electron chi connectivity index (χ1n) is 8.76. The molecule has 29 heavy (non-hydrogen) atoms. The van der Waals surface area contributed by atoms with Crippen molar-refractivity contribution in [1.29, 1.82) is 0 Å². The van der Waals surface area contributed by atoms with Crippen LogP contribution in [-0.2, 0) is 25.6 Å². The molecule has 0 aliphatic rings. The van der Waals surface area contributed by atoms with Gasteiger partial charge in [-0.25, -0.2) is 4.79 Å². The molecule has 1 aromatic heterocycles. The Balaban J connectivity index is 1.99. The van der Waals surface area contributed by atoms with Gasteiger partial charge in [-0.1, -0.05) is 18.2 Å². The number of primary amides is 1. The van der Waals surface area contributed by atoms with Crippen molar-refractivity contribution in [3.63, 3.8) is 0 Å². The average Bonchev–Trinajstić information content (AvgIpc) is 3.07. The van der Waals surface area contributed by atoms with E-state index < -0.39 is 54.8 Å². The van der Waals surface area contributed by atoms with E-state index in [1.54, 1.807) is 6.20 Å². The van der Waals surface area contributed by atoms with Crippen molar-refractivity contribution >= 4 is 34.6 Å². The Labute approximate surface area is 165 Å². The van der Waals surface area contributed by atoms with Gasteiger partial charge in [0.05, 0.1) is 19.1 Å². The molecule has 9 N–H and O–H groups in total. The number of para-hydroxylation sites is 1. The molecule has 0 fully saturated rings. The topological polar surface area (TPSA) is 201 Å². The number of aliphatic carboxylic acids is 1. The number of rotatable bonds is 10. The second kappa shape index (κ2) is 9.66. The average molecular weight is 405 g/mol. The summed E-state index contributed by atoms with van der Waals surface area (Å²) in [6.07, 6.45) is 1.28. The lowest BCUT2D eigenvalue weighted by molar-refractivity contribution is -0.144. The van der Waals surface area contributed by atoms with Crippen LogP contribution in [0.25, 0.3) is 10.9 Å². The zero-order valence-corrected chi connectivity index (χ0v) is 15.4. The molecule has 0 radical (unpaired) electrons. The van der Waals surface area contributed by atoms with Crippen molar-refractivity contribution in [2.45, 2.75) is 31.0 Å². The highest BCUT2D eigenvalue weighted by atomic mass is 16.4. The fourth-order valence-electron chi connectivity index (χ4n) is 2.78. The molecule has 2 rings (SSSR count). The van der Waals surface area contributed by atoms with E-state index in [2.05, 4.69) is 15.6 Å². The first kappa shape index (κ1) is 21.9. The number of carboxylic acids is 1. The fraction of sp³-hybridized carbons (Fsp3) is 0.333. The van der Waals surface area contributed by atoms with Crippen LogP contribution in [0.15, 0.2) is 30.5 Å². The molecule has 0 aliphatic carbocycles. The molecule has 11 heteroatoms. The standard InChI is InChI=1S/C18H23N5O6/c19-11(5-9-7-21-12-4-2-1-3-10(9)12)16(26)23-14(8-24)17(27)22-13(18(28)29)6-15(20)25/h1-4,7,11,13-14,21,24H,5-6,8,19H2,(H2,20,25)(H,22,27)(H,23,26)(H,28,29). The largest absolute Gasteiger partial charge is 0.480 e. The minimum absolute atomic E-state index is 0.176. The SMILES string of the molecule is NC(=O)CC(NC(=O)C(CO)NC(=O)C(N)Cc1c[nH]c2ccccc12)C(=O)O. The van der Waals surface area contributed by atoms with E-state index in [0.29, 0.717) is 0 Å². The molecule has 0 spiro atoms. The van der Waals surface area contributed by atoms with E-state index in [1.165, 1.54) is 0 Å². The normalized spacial score (nSPS) is 14.0. The van der Waals surface area contributed by atoms with Crippen molar-refractivity contribution in [3.8, 4) is 0 Å². The van der Waals surface area contributed by atoms with Crippen molar-refractivity contribution in [2.24, 2.45) is 11.5 Å². The van der Waals surface area contributed by atoms with Gasteiger partial charge < -0.3 is 37.3 Å². The van der Waals surface area contributed by atoms with Gasteiger partial charge in [0.2, 0.25) is 17.7 Å². The van der Waals surface area contributed by atoms with Crippen LogP contribution in [-0.4, -0.2) is 63.6 Å². The highest BCUT2D eigenvalue weighted by Gasteiger charge is 2.28. The number of benzene rings is 1. The lowest BCUT2D eigenvalue weighted by atomic mass is 10.0. The highest BCUT2D eigenvalue weighted by molar-refractivity contribution is 5.93. The molecule has 2 aromatic rings. The number of hydrogen-bond donors (Lipinski definition) is 7. The first-order valence-corrected chi connectivity index (χ1v) is 8.76. The zero-order chi connectivity index (χ0) is 21.6. The molecule has 3 unspecified atom stereocenters. The molecule has 156 valence electrons. The number of nitrogens with two attached hydrogens (primary N) is 2. The van der Waals surface area contributed by atoms with Gasteiger partial charge in [-0.05, 0) is 18.1 Å². The van der Waals surface area contributed by atoms with E-state index in [0.717, 1.165) is 16.5 Å². The Kier molecular flexibility index (Phi) is 7.28. The van der Waals surface area contributed by atoms with Gasteiger partial charge in [-0.2, -0.15) is 0 Å². The first-order chi connectivity index (χ1) is 13.7. The van der Waals surface area contributed by atoms with Crippen LogP contribution in [0.2, 0.25) is 0 Å². The van der Waals surface area contributed by atoms with E-state index >= 15 is 0 Å². The Morgan fingerprint density at radius 2 is 1.72 bits per heavy atom. The van der Waals surface area contributed by atoms with Crippen molar-refractivity contribution in [2.75, 3.05) is 6.61 Å². The Bertz CT molecular complexity index is 911. The minimum atomic E-state index is -1.58. The van der Waals surface area contributed by atoms with E-state index in [4.69, 9.17) is 16.6 Å². The highest BCUT2D eigenvalue weighted by Crippen LogP contribution is 2.18. The van der Waals surface area contributed by atoms with Gasteiger partial charge in [0.15, 0.2) is 0 Å². The molecule has 11 nitrogen and oxygen atoms in total. The summed E-state index contributed by atoms with van der Waals surface area (Å²) in [6.45, 7) is -0.791. The third kappa shape index (κ3) is 5.77. The van der Waals surface area contributed by atoms with Crippen LogP contribution in [0.1, 0.15) is 12.0 Å². The summed E-state index contributed by atoms with van der Waals surface area (Å²) in [5, 5.41) is 23.7. The van der Waals surface area contributed by atoms with E-state index in [1.807, 2.05) is 24.3 Å². The quantitative estimate of drug-likeness (QED) is 0.236. The van der Waals surface area contributed by atoms with Crippen molar-refractivity contribution in [1.82, 2.24) is 15.6 Å². The number of amides is 3. The molecular formula is C18H23N5O6. The smallest absolute Gasteiger partial charge is 0.326 e. The summed E-state index contributed by atoms with van der Waals surface area (Å²) in [5.41, 5.74) is 12.6. The Morgan fingerprint density at radius 1 is 1.07 bits per heavy atom. The summed E-state index contributed by atoms with van der Waals surface area (Å²) in [7, 11) is 0. The van der Waals surface area contributed by atoms with Crippen LogP contribution in [0.4, 0.5) is 0 Å². The number of nitrogens with one attached hydrogen (secondary N) is 3. The maximum Gasteiger partial charge on any atom is 0.326 e. The van der Waals surface area contributed by atoms with Crippen LogP contribution >= 0.6 is 0 Å². The minimum Gasteiger partial charge on any atom is -0.480 e.